The monoisotopic (exact) mass is 317 g/mol. The number of hydrogen-bond acceptors (Lipinski definition) is 4. The van der Waals surface area contributed by atoms with Gasteiger partial charge in [-0.05, 0) is 52.9 Å². The Bertz CT molecular complexity index is 805. The zero-order chi connectivity index (χ0) is 15.5. The molecule has 0 radical (unpaired) electrons. The van der Waals surface area contributed by atoms with E-state index >= 15 is 0 Å². The summed E-state index contributed by atoms with van der Waals surface area (Å²) in [7, 11) is 0. The van der Waals surface area contributed by atoms with Crippen LogP contribution >= 0.6 is 11.6 Å². The van der Waals surface area contributed by atoms with Gasteiger partial charge in [0.1, 0.15) is 12.1 Å². The van der Waals surface area contributed by atoms with E-state index < -0.39 is 11.7 Å². The number of nitrogens with one attached hydrogen (secondary N) is 1. The summed E-state index contributed by atoms with van der Waals surface area (Å²) >= 11 is 6.08. The van der Waals surface area contributed by atoms with Gasteiger partial charge in [-0.2, -0.15) is 0 Å². The van der Waals surface area contributed by atoms with Crippen molar-refractivity contribution in [3.8, 4) is 5.69 Å². The summed E-state index contributed by atoms with van der Waals surface area (Å²) in [5.41, 5.74) is 1.37. The number of carbonyl (C=O) groups excluding carboxylic acids is 1. The highest BCUT2D eigenvalue weighted by Gasteiger charge is 2.10. The fourth-order valence-electron chi connectivity index (χ4n) is 1.83. The van der Waals surface area contributed by atoms with Gasteiger partial charge < -0.3 is 5.32 Å². The van der Waals surface area contributed by atoms with Crippen molar-refractivity contribution in [1.82, 2.24) is 20.2 Å². The minimum Gasteiger partial charge on any atom is -0.321 e. The summed E-state index contributed by atoms with van der Waals surface area (Å²) in [4.78, 5) is 12.1. The van der Waals surface area contributed by atoms with E-state index in [2.05, 4.69) is 20.8 Å². The molecule has 6 nitrogen and oxygen atoms in total. The van der Waals surface area contributed by atoms with Crippen LogP contribution in [0.4, 0.5) is 10.1 Å². The molecule has 1 N–H and O–H groups in total. The molecule has 8 heteroatoms. The Labute approximate surface area is 129 Å². The molecule has 0 aliphatic heterocycles. The quantitative estimate of drug-likeness (QED) is 0.806. The second-order valence-corrected chi connectivity index (χ2v) is 4.79. The summed E-state index contributed by atoms with van der Waals surface area (Å²) in [6, 6.07) is 10.2. The number of aromatic nitrogens is 4. The van der Waals surface area contributed by atoms with E-state index in [0.29, 0.717) is 22.0 Å². The number of anilines is 1. The van der Waals surface area contributed by atoms with Gasteiger partial charge in [-0.3, -0.25) is 4.79 Å². The van der Waals surface area contributed by atoms with Crippen LogP contribution in [0.1, 0.15) is 10.4 Å². The Hall–Kier alpha value is -2.80. The molecule has 0 saturated carbocycles. The third-order valence-corrected chi connectivity index (χ3v) is 3.25. The second-order valence-electron chi connectivity index (χ2n) is 4.38. The van der Waals surface area contributed by atoms with Gasteiger partial charge in [-0.25, -0.2) is 9.07 Å². The highest BCUT2D eigenvalue weighted by molar-refractivity contribution is 6.34. The minimum atomic E-state index is -0.407. The molecule has 0 bridgehead atoms. The number of rotatable bonds is 3. The van der Waals surface area contributed by atoms with Gasteiger partial charge in [-0.1, -0.05) is 11.6 Å². The lowest BCUT2D eigenvalue weighted by molar-refractivity contribution is 0.102. The predicted molar refractivity (Wildman–Crippen MR) is 78.5 cm³/mol. The smallest absolute Gasteiger partial charge is 0.255 e. The zero-order valence-corrected chi connectivity index (χ0v) is 11.8. The zero-order valence-electron chi connectivity index (χ0n) is 11.1. The molecule has 0 fully saturated rings. The number of tetrazole rings is 1. The van der Waals surface area contributed by atoms with E-state index in [1.807, 2.05) is 0 Å². The molecule has 0 saturated heterocycles. The van der Waals surface area contributed by atoms with Gasteiger partial charge in [0.05, 0.1) is 16.4 Å². The first-order chi connectivity index (χ1) is 10.6. The average molecular weight is 318 g/mol. The molecule has 110 valence electrons. The Balaban J connectivity index is 1.87. The van der Waals surface area contributed by atoms with Crippen molar-refractivity contribution in [2.45, 2.75) is 0 Å². The molecule has 22 heavy (non-hydrogen) atoms. The van der Waals surface area contributed by atoms with Gasteiger partial charge in [0, 0.05) is 5.56 Å². The van der Waals surface area contributed by atoms with Crippen molar-refractivity contribution in [2.24, 2.45) is 0 Å². The van der Waals surface area contributed by atoms with Gasteiger partial charge in [0.15, 0.2) is 0 Å². The lowest BCUT2D eigenvalue weighted by atomic mass is 10.2. The molecule has 1 amide bonds. The van der Waals surface area contributed by atoms with E-state index in [0.717, 1.165) is 0 Å². The van der Waals surface area contributed by atoms with Gasteiger partial charge in [0.25, 0.3) is 5.91 Å². The maximum atomic E-state index is 12.9. The van der Waals surface area contributed by atoms with Gasteiger partial charge >= 0.3 is 0 Å². The third kappa shape index (κ3) is 2.94. The van der Waals surface area contributed by atoms with Crippen LogP contribution in [0, 0.1) is 5.82 Å². The number of halogens is 2. The largest absolute Gasteiger partial charge is 0.321 e. The predicted octanol–water partition coefficient (Wildman–Crippen LogP) is 2.71. The number of benzene rings is 2. The first kappa shape index (κ1) is 14.2. The molecule has 0 aliphatic rings. The number of carbonyl (C=O) groups is 1. The summed E-state index contributed by atoms with van der Waals surface area (Å²) in [5.74, 6) is -0.800. The van der Waals surface area contributed by atoms with Crippen molar-refractivity contribution in [3.63, 3.8) is 0 Å². The third-order valence-electron chi connectivity index (χ3n) is 2.92. The Morgan fingerprint density at radius 3 is 2.64 bits per heavy atom. The molecule has 0 unspecified atom stereocenters. The van der Waals surface area contributed by atoms with Crippen LogP contribution in [-0.4, -0.2) is 26.1 Å². The second kappa shape index (κ2) is 5.90. The van der Waals surface area contributed by atoms with Crippen molar-refractivity contribution in [1.29, 1.82) is 0 Å². The van der Waals surface area contributed by atoms with Crippen molar-refractivity contribution >= 4 is 23.2 Å². The SMILES string of the molecule is O=C(Nc1cc(-n2cnnn2)ccc1Cl)c1ccc(F)cc1. The van der Waals surface area contributed by atoms with E-state index in [1.165, 1.54) is 35.3 Å². The molecule has 2 aromatic carbocycles. The fraction of sp³-hybridized carbons (Fsp3) is 0. The molecule has 3 aromatic rings. The average Bonchev–Trinajstić information content (AvgIpc) is 3.04. The van der Waals surface area contributed by atoms with Crippen LogP contribution in [-0.2, 0) is 0 Å². The minimum absolute atomic E-state index is 0.324. The van der Waals surface area contributed by atoms with Crippen molar-refractivity contribution < 1.29 is 9.18 Å². The molecular formula is C14H9ClFN5O. The van der Waals surface area contributed by atoms with Crippen LogP contribution in [0.2, 0.25) is 5.02 Å². The highest BCUT2D eigenvalue weighted by atomic mass is 35.5. The molecule has 0 atom stereocenters. The first-order valence-corrected chi connectivity index (χ1v) is 6.61. The van der Waals surface area contributed by atoms with Crippen LogP contribution in [0.25, 0.3) is 5.69 Å². The lowest BCUT2D eigenvalue weighted by Crippen LogP contribution is -2.12. The van der Waals surface area contributed by atoms with E-state index in [4.69, 9.17) is 11.6 Å². The number of hydrogen-bond donors (Lipinski definition) is 1. The summed E-state index contributed by atoms with van der Waals surface area (Å²) in [6.45, 7) is 0. The molecule has 0 spiro atoms. The maximum Gasteiger partial charge on any atom is 0.255 e. The topological polar surface area (TPSA) is 72.7 Å². The Morgan fingerprint density at radius 2 is 1.95 bits per heavy atom. The summed E-state index contributed by atoms with van der Waals surface area (Å²) < 4.78 is 14.3. The Kier molecular flexibility index (Phi) is 3.80. The molecule has 1 heterocycles. The normalized spacial score (nSPS) is 10.5. The molecule has 0 aliphatic carbocycles. The van der Waals surface area contributed by atoms with Crippen molar-refractivity contribution in [2.75, 3.05) is 5.32 Å². The van der Waals surface area contributed by atoms with Crippen LogP contribution in [0.3, 0.4) is 0 Å². The number of amides is 1. The molecule has 1 aromatic heterocycles. The first-order valence-electron chi connectivity index (χ1n) is 6.23. The van der Waals surface area contributed by atoms with E-state index in [1.54, 1.807) is 18.2 Å². The van der Waals surface area contributed by atoms with E-state index in [9.17, 15) is 9.18 Å². The standard InChI is InChI=1S/C14H9ClFN5O/c15-12-6-5-11(21-8-17-19-20-21)7-13(12)18-14(22)9-1-3-10(16)4-2-9/h1-8H,(H,18,22). The van der Waals surface area contributed by atoms with Crippen LogP contribution in [0.5, 0.6) is 0 Å². The molecule has 3 rings (SSSR count). The summed E-state index contributed by atoms with van der Waals surface area (Å²) in [6.07, 6.45) is 1.43. The fourth-order valence-corrected chi connectivity index (χ4v) is 1.99. The number of nitrogens with zero attached hydrogens (tertiary/aromatic N) is 4. The van der Waals surface area contributed by atoms with Gasteiger partial charge in [0.2, 0.25) is 0 Å². The highest BCUT2D eigenvalue weighted by Crippen LogP contribution is 2.25. The Morgan fingerprint density at radius 1 is 1.18 bits per heavy atom. The lowest BCUT2D eigenvalue weighted by Gasteiger charge is -2.09. The summed E-state index contributed by atoms with van der Waals surface area (Å²) in [5, 5.41) is 13.9. The van der Waals surface area contributed by atoms with E-state index in [-0.39, 0.29) is 0 Å². The van der Waals surface area contributed by atoms with Crippen LogP contribution in [0.15, 0.2) is 48.8 Å². The maximum absolute atomic E-state index is 12.9. The molecular weight excluding hydrogens is 309 g/mol. The van der Waals surface area contributed by atoms with Gasteiger partial charge in [-0.15, -0.1) is 5.10 Å². The van der Waals surface area contributed by atoms with Crippen LogP contribution < -0.4 is 5.32 Å². The van der Waals surface area contributed by atoms with Crippen molar-refractivity contribution in [3.05, 3.63) is 65.2 Å².